The highest BCUT2D eigenvalue weighted by Crippen LogP contribution is 2.20. The number of benzene rings is 2. The van der Waals surface area contributed by atoms with E-state index < -0.39 is 10.8 Å². The van der Waals surface area contributed by atoms with Crippen LogP contribution < -0.4 is 5.73 Å². The zero-order valence-corrected chi connectivity index (χ0v) is 12.4. The Morgan fingerprint density at radius 1 is 1.15 bits per heavy atom. The lowest BCUT2D eigenvalue weighted by Gasteiger charge is -2.15. The SMILES string of the molecule is Cc1ccc(C(N)CS(=O)c2ccc(F)cc2)c(C)c1. The standard InChI is InChI=1S/C16H18FNOS/c1-11-3-8-15(12(2)9-11)16(18)10-20(19)14-6-4-13(17)5-7-14/h3-9,16H,10,18H2,1-2H3. The van der Waals surface area contributed by atoms with E-state index in [-0.39, 0.29) is 11.9 Å². The monoisotopic (exact) mass is 291 g/mol. The Hall–Kier alpha value is -1.52. The fourth-order valence-electron chi connectivity index (χ4n) is 2.18. The van der Waals surface area contributed by atoms with Crippen molar-refractivity contribution in [1.82, 2.24) is 0 Å². The second-order valence-corrected chi connectivity index (χ2v) is 6.43. The van der Waals surface area contributed by atoms with Crippen LogP contribution in [0.5, 0.6) is 0 Å². The second kappa shape index (κ2) is 6.29. The molecular formula is C16H18FNOS. The molecule has 2 aromatic rings. The molecule has 0 saturated carbocycles. The fourth-order valence-corrected chi connectivity index (χ4v) is 3.31. The highest BCUT2D eigenvalue weighted by atomic mass is 32.2. The molecule has 0 spiro atoms. The lowest BCUT2D eigenvalue weighted by molar-refractivity contribution is 0.626. The van der Waals surface area contributed by atoms with Gasteiger partial charge in [0.25, 0.3) is 0 Å². The molecule has 2 unspecified atom stereocenters. The Morgan fingerprint density at radius 3 is 2.40 bits per heavy atom. The van der Waals surface area contributed by atoms with Gasteiger partial charge in [-0.25, -0.2) is 4.39 Å². The van der Waals surface area contributed by atoms with E-state index in [0.717, 1.165) is 11.1 Å². The van der Waals surface area contributed by atoms with Crippen molar-refractivity contribution in [1.29, 1.82) is 0 Å². The molecule has 106 valence electrons. The van der Waals surface area contributed by atoms with Gasteiger partial charge in [0.2, 0.25) is 0 Å². The van der Waals surface area contributed by atoms with Crippen LogP contribution in [0.15, 0.2) is 47.4 Å². The van der Waals surface area contributed by atoms with Crippen LogP contribution in [0, 0.1) is 19.7 Å². The Labute approximate surface area is 121 Å². The van der Waals surface area contributed by atoms with Crippen LogP contribution in [0.2, 0.25) is 0 Å². The van der Waals surface area contributed by atoms with Crippen molar-refractivity contribution in [3.8, 4) is 0 Å². The third-order valence-electron chi connectivity index (χ3n) is 3.23. The lowest BCUT2D eigenvalue weighted by Crippen LogP contribution is -2.19. The Balaban J connectivity index is 2.12. The van der Waals surface area contributed by atoms with E-state index in [1.807, 2.05) is 26.0 Å². The van der Waals surface area contributed by atoms with Gasteiger partial charge in [0.05, 0.1) is 10.8 Å². The van der Waals surface area contributed by atoms with Crippen LogP contribution >= 0.6 is 0 Å². The van der Waals surface area contributed by atoms with Gasteiger partial charge in [0.15, 0.2) is 0 Å². The molecule has 0 aromatic heterocycles. The van der Waals surface area contributed by atoms with E-state index in [1.54, 1.807) is 12.1 Å². The van der Waals surface area contributed by atoms with Gasteiger partial charge >= 0.3 is 0 Å². The smallest absolute Gasteiger partial charge is 0.123 e. The zero-order chi connectivity index (χ0) is 14.7. The number of rotatable bonds is 4. The molecule has 0 bridgehead atoms. The quantitative estimate of drug-likeness (QED) is 0.939. The maximum Gasteiger partial charge on any atom is 0.123 e. The summed E-state index contributed by atoms with van der Waals surface area (Å²) in [5.41, 5.74) is 9.44. The van der Waals surface area contributed by atoms with E-state index in [2.05, 4.69) is 6.07 Å². The lowest BCUT2D eigenvalue weighted by atomic mass is 10.0. The van der Waals surface area contributed by atoms with Crippen molar-refractivity contribution in [2.45, 2.75) is 24.8 Å². The molecule has 0 radical (unpaired) electrons. The van der Waals surface area contributed by atoms with Gasteiger partial charge in [0, 0.05) is 16.7 Å². The first-order chi connectivity index (χ1) is 9.47. The summed E-state index contributed by atoms with van der Waals surface area (Å²) in [7, 11) is -1.23. The molecule has 0 aliphatic rings. The van der Waals surface area contributed by atoms with E-state index in [9.17, 15) is 8.60 Å². The van der Waals surface area contributed by atoms with E-state index in [0.29, 0.717) is 10.6 Å². The average Bonchev–Trinajstić information content (AvgIpc) is 2.39. The van der Waals surface area contributed by atoms with Crippen LogP contribution in [0.3, 0.4) is 0 Å². The van der Waals surface area contributed by atoms with Crippen molar-refractivity contribution < 1.29 is 8.60 Å². The number of hydrogen-bond acceptors (Lipinski definition) is 2. The molecule has 0 fully saturated rings. The van der Waals surface area contributed by atoms with E-state index >= 15 is 0 Å². The van der Waals surface area contributed by atoms with Crippen molar-refractivity contribution >= 4 is 10.8 Å². The first kappa shape index (κ1) is 14.9. The van der Waals surface area contributed by atoms with Gasteiger partial charge in [-0.2, -0.15) is 0 Å². The van der Waals surface area contributed by atoms with Crippen LogP contribution in [0.25, 0.3) is 0 Å². The van der Waals surface area contributed by atoms with Crippen molar-refractivity contribution in [3.63, 3.8) is 0 Å². The summed E-state index contributed by atoms with van der Waals surface area (Å²) in [4.78, 5) is 0.603. The molecule has 0 aliphatic carbocycles. The Bertz CT molecular complexity index is 625. The maximum absolute atomic E-state index is 12.8. The molecule has 2 N–H and O–H groups in total. The molecule has 0 amide bonds. The number of halogens is 1. The fraction of sp³-hybridized carbons (Fsp3) is 0.250. The van der Waals surface area contributed by atoms with Crippen LogP contribution in [-0.2, 0) is 10.8 Å². The maximum atomic E-state index is 12.8. The molecular weight excluding hydrogens is 273 g/mol. The average molecular weight is 291 g/mol. The molecule has 0 aliphatic heterocycles. The summed E-state index contributed by atoms with van der Waals surface area (Å²) in [6.07, 6.45) is 0. The van der Waals surface area contributed by atoms with E-state index in [4.69, 9.17) is 5.73 Å². The van der Waals surface area contributed by atoms with E-state index in [1.165, 1.54) is 17.7 Å². The predicted octanol–water partition coefficient (Wildman–Crippen LogP) is 3.25. The Kier molecular flexibility index (Phi) is 4.68. The summed E-state index contributed by atoms with van der Waals surface area (Å²) in [5, 5.41) is 0. The third-order valence-corrected chi connectivity index (χ3v) is 4.69. The van der Waals surface area contributed by atoms with Gasteiger partial charge in [0.1, 0.15) is 5.82 Å². The normalized spacial score (nSPS) is 14.0. The first-order valence-corrected chi connectivity index (χ1v) is 7.76. The second-order valence-electron chi connectivity index (χ2n) is 4.93. The molecule has 2 aromatic carbocycles. The molecule has 4 heteroatoms. The minimum Gasteiger partial charge on any atom is -0.323 e. The Morgan fingerprint density at radius 2 is 1.80 bits per heavy atom. The minimum absolute atomic E-state index is 0.290. The molecule has 2 rings (SSSR count). The van der Waals surface area contributed by atoms with Gasteiger partial charge in [-0.05, 0) is 49.2 Å². The summed E-state index contributed by atoms with van der Waals surface area (Å²) in [6.45, 7) is 4.03. The molecule has 2 atom stereocenters. The van der Waals surface area contributed by atoms with Crippen molar-refractivity contribution in [2.24, 2.45) is 5.73 Å². The first-order valence-electron chi connectivity index (χ1n) is 6.44. The summed E-state index contributed by atoms with van der Waals surface area (Å²) in [5.74, 6) is -0.000332. The van der Waals surface area contributed by atoms with Crippen molar-refractivity contribution in [2.75, 3.05) is 5.75 Å². The van der Waals surface area contributed by atoms with Crippen LogP contribution in [0.1, 0.15) is 22.7 Å². The predicted molar refractivity (Wildman–Crippen MR) is 80.5 cm³/mol. The number of hydrogen-bond donors (Lipinski definition) is 1. The summed E-state index contributed by atoms with van der Waals surface area (Å²) >= 11 is 0. The van der Waals surface area contributed by atoms with Gasteiger partial charge in [-0.1, -0.05) is 23.8 Å². The summed E-state index contributed by atoms with van der Waals surface area (Å²) in [6, 6.07) is 11.5. The van der Waals surface area contributed by atoms with Gasteiger partial charge in [-0.15, -0.1) is 0 Å². The topological polar surface area (TPSA) is 43.1 Å². The highest BCUT2D eigenvalue weighted by Gasteiger charge is 2.14. The van der Waals surface area contributed by atoms with Gasteiger partial charge in [-0.3, -0.25) is 4.21 Å². The number of nitrogens with two attached hydrogens (primary N) is 1. The zero-order valence-electron chi connectivity index (χ0n) is 11.6. The summed E-state index contributed by atoms with van der Waals surface area (Å²) < 4.78 is 25.1. The van der Waals surface area contributed by atoms with Crippen molar-refractivity contribution in [3.05, 3.63) is 65.0 Å². The van der Waals surface area contributed by atoms with Crippen LogP contribution in [0.4, 0.5) is 4.39 Å². The minimum atomic E-state index is -1.23. The molecule has 2 nitrogen and oxygen atoms in total. The molecule has 0 saturated heterocycles. The number of aryl methyl sites for hydroxylation is 2. The largest absolute Gasteiger partial charge is 0.323 e. The molecule has 0 heterocycles. The third kappa shape index (κ3) is 3.52. The van der Waals surface area contributed by atoms with Gasteiger partial charge < -0.3 is 5.73 Å². The van der Waals surface area contributed by atoms with Crippen LogP contribution in [-0.4, -0.2) is 9.96 Å². The highest BCUT2D eigenvalue weighted by molar-refractivity contribution is 7.85. The molecule has 20 heavy (non-hydrogen) atoms.